The van der Waals surface area contributed by atoms with Crippen molar-refractivity contribution in [2.75, 3.05) is 4.90 Å². The van der Waals surface area contributed by atoms with Crippen LogP contribution in [0.2, 0.25) is 0 Å². The first-order valence-corrected chi connectivity index (χ1v) is 17.8. The van der Waals surface area contributed by atoms with Crippen molar-refractivity contribution in [1.82, 2.24) is 4.98 Å². The van der Waals surface area contributed by atoms with Gasteiger partial charge in [-0.2, -0.15) is 0 Å². The first kappa shape index (κ1) is 30.6. The minimum atomic E-state index is 0.607. The van der Waals surface area contributed by atoms with Crippen LogP contribution >= 0.6 is 0 Å². The van der Waals surface area contributed by atoms with Crippen molar-refractivity contribution >= 4 is 50.1 Å². The molecule has 0 saturated carbocycles. The second kappa shape index (κ2) is 12.9. The number of fused-ring (bicyclic) bond motifs is 4. The van der Waals surface area contributed by atoms with Gasteiger partial charge in [0.1, 0.15) is 16.7 Å². The predicted octanol–water partition coefficient (Wildman–Crippen LogP) is 13.9. The van der Waals surface area contributed by atoms with E-state index in [4.69, 9.17) is 13.8 Å². The number of nitrogens with zero attached hydrogens (tertiary/aromatic N) is 2. The fraction of sp³-hybridized carbons (Fsp3) is 0. The van der Waals surface area contributed by atoms with Crippen molar-refractivity contribution in [3.05, 3.63) is 194 Å². The van der Waals surface area contributed by atoms with Crippen LogP contribution in [0, 0.1) is 0 Å². The summed E-state index contributed by atoms with van der Waals surface area (Å²) in [5.74, 6) is 0.607. The Morgan fingerprint density at radius 1 is 0.321 bits per heavy atom. The van der Waals surface area contributed by atoms with Crippen LogP contribution in [-0.4, -0.2) is 4.98 Å². The topological polar surface area (TPSA) is 42.4 Å². The Balaban J connectivity index is 0.964. The van der Waals surface area contributed by atoms with Crippen molar-refractivity contribution in [3.63, 3.8) is 0 Å². The molecule has 10 aromatic rings. The van der Waals surface area contributed by atoms with Gasteiger partial charge in [0.05, 0.1) is 0 Å². The Morgan fingerprint density at radius 2 is 0.830 bits per heavy atom. The smallest absolute Gasteiger partial charge is 0.227 e. The lowest BCUT2D eigenvalue weighted by atomic mass is 9.99. The molecule has 10 rings (SSSR count). The zero-order valence-electron chi connectivity index (χ0n) is 28.7. The molecule has 0 atom stereocenters. The number of hydrogen-bond donors (Lipinski definition) is 0. The van der Waals surface area contributed by atoms with Gasteiger partial charge in [-0.15, -0.1) is 0 Å². The minimum absolute atomic E-state index is 0.607. The Kier molecular flexibility index (Phi) is 7.43. The number of aromatic nitrogens is 1. The van der Waals surface area contributed by atoms with Crippen molar-refractivity contribution in [1.29, 1.82) is 0 Å². The van der Waals surface area contributed by atoms with Crippen LogP contribution in [0.3, 0.4) is 0 Å². The number of furan rings is 1. The third-order valence-corrected chi connectivity index (χ3v) is 9.91. The quantitative estimate of drug-likeness (QED) is 0.168. The molecule has 0 aliphatic heterocycles. The van der Waals surface area contributed by atoms with Crippen LogP contribution in [0.5, 0.6) is 0 Å². The highest BCUT2D eigenvalue weighted by Gasteiger charge is 2.16. The van der Waals surface area contributed by atoms with Crippen LogP contribution < -0.4 is 4.90 Å². The van der Waals surface area contributed by atoms with E-state index in [1.165, 1.54) is 22.3 Å². The summed E-state index contributed by atoms with van der Waals surface area (Å²) < 4.78 is 12.5. The van der Waals surface area contributed by atoms with Crippen LogP contribution in [0.4, 0.5) is 17.1 Å². The van der Waals surface area contributed by atoms with E-state index in [-0.39, 0.29) is 0 Å². The molecule has 8 aromatic carbocycles. The second-order valence-corrected chi connectivity index (χ2v) is 13.2. The number of anilines is 3. The van der Waals surface area contributed by atoms with Gasteiger partial charge in [0, 0.05) is 39.5 Å². The molecular weight excluding hydrogens is 649 g/mol. The van der Waals surface area contributed by atoms with Gasteiger partial charge in [-0.3, -0.25) is 0 Å². The molecule has 0 bridgehead atoms. The molecule has 0 aliphatic carbocycles. The standard InChI is InChI=1S/C49H32N2O2/c1-4-11-33(12-5-1)34-19-21-35(22-20-34)38-15-10-18-42(29-38)51(40-16-8-3-9-17-40)41-26-23-36(24-27-41)39-25-28-43-44-31-45-48(32-47(44)52-46(43)30-39)53-49(50-45)37-13-6-2-7-14-37/h1-32H. The van der Waals surface area contributed by atoms with Crippen LogP contribution in [0.1, 0.15) is 0 Å². The number of rotatable bonds is 7. The van der Waals surface area contributed by atoms with Gasteiger partial charge in [0.25, 0.3) is 0 Å². The van der Waals surface area contributed by atoms with Gasteiger partial charge >= 0.3 is 0 Å². The summed E-state index contributed by atoms with van der Waals surface area (Å²) in [4.78, 5) is 7.08. The number of para-hydroxylation sites is 1. The molecule has 250 valence electrons. The molecule has 4 nitrogen and oxygen atoms in total. The minimum Gasteiger partial charge on any atom is -0.456 e. The lowest BCUT2D eigenvalue weighted by Crippen LogP contribution is -2.09. The largest absolute Gasteiger partial charge is 0.456 e. The fourth-order valence-electron chi connectivity index (χ4n) is 7.22. The second-order valence-electron chi connectivity index (χ2n) is 13.2. The van der Waals surface area contributed by atoms with Crippen molar-refractivity contribution in [3.8, 4) is 44.8 Å². The van der Waals surface area contributed by atoms with Gasteiger partial charge in [0.2, 0.25) is 5.89 Å². The van der Waals surface area contributed by atoms with Gasteiger partial charge in [-0.1, -0.05) is 121 Å². The average molecular weight is 681 g/mol. The molecular formula is C49H32N2O2. The summed E-state index contributed by atoms with van der Waals surface area (Å²) in [6.45, 7) is 0. The summed E-state index contributed by atoms with van der Waals surface area (Å²) >= 11 is 0. The summed E-state index contributed by atoms with van der Waals surface area (Å²) in [5, 5.41) is 2.08. The fourth-order valence-corrected chi connectivity index (χ4v) is 7.22. The maximum Gasteiger partial charge on any atom is 0.227 e. The molecule has 0 fully saturated rings. The average Bonchev–Trinajstić information content (AvgIpc) is 3.82. The number of hydrogen-bond acceptors (Lipinski definition) is 4. The summed E-state index contributed by atoms with van der Waals surface area (Å²) in [5.41, 5.74) is 14.3. The molecule has 0 saturated heterocycles. The highest BCUT2D eigenvalue weighted by molar-refractivity contribution is 6.09. The van der Waals surface area contributed by atoms with E-state index >= 15 is 0 Å². The molecule has 53 heavy (non-hydrogen) atoms. The van der Waals surface area contributed by atoms with E-state index in [1.807, 2.05) is 36.4 Å². The van der Waals surface area contributed by atoms with Crippen LogP contribution in [-0.2, 0) is 0 Å². The SMILES string of the molecule is c1ccc(-c2ccc(-c3cccc(N(c4ccccc4)c4ccc(-c5ccc6c(c5)oc5cc7oc(-c8ccccc8)nc7cc56)cc4)c3)cc2)cc1. The molecule has 4 heteroatoms. The Labute approximate surface area is 306 Å². The maximum atomic E-state index is 6.40. The van der Waals surface area contributed by atoms with Crippen molar-refractivity contribution < 1.29 is 8.83 Å². The molecule has 0 N–H and O–H groups in total. The highest BCUT2D eigenvalue weighted by Crippen LogP contribution is 2.39. The molecule has 2 aromatic heterocycles. The molecule has 0 spiro atoms. The summed E-state index contributed by atoms with van der Waals surface area (Å²) in [6, 6.07) is 67.7. The van der Waals surface area contributed by atoms with E-state index in [0.29, 0.717) is 11.5 Å². The predicted molar refractivity (Wildman–Crippen MR) is 218 cm³/mol. The number of oxazole rings is 1. The van der Waals surface area contributed by atoms with E-state index in [0.717, 1.165) is 61.2 Å². The zero-order valence-corrected chi connectivity index (χ0v) is 28.7. The van der Waals surface area contributed by atoms with E-state index in [1.54, 1.807) is 0 Å². The Bertz CT molecular complexity index is 2860. The van der Waals surface area contributed by atoms with Crippen molar-refractivity contribution in [2.45, 2.75) is 0 Å². The Hall–Kier alpha value is -7.17. The molecule has 0 aliphatic rings. The van der Waals surface area contributed by atoms with Gasteiger partial charge in [0.15, 0.2) is 5.58 Å². The maximum absolute atomic E-state index is 6.40. The van der Waals surface area contributed by atoms with Crippen LogP contribution in [0.15, 0.2) is 203 Å². The summed E-state index contributed by atoms with van der Waals surface area (Å²) in [7, 11) is 0. The first-order chi connectivity index (χ1) is 26.2. The normalized spacial score (nSPS) is 11.4. The van der Waals surface area contributed by atoms with Crippen molar-refractivity contribution in [2.24, 2.45) is 0 Å². The van der Waals surface area contributed by atoms with Gasteiger partial charge < -0.3 is 13.7 Å². The first-order valence-electron chi connectivity index (χ1n) is 17.8. The third-order valence-electron chi connectivity index (χ3n) is 9.91. The van der Waals surface area contributed by atoms with Gasteiger partial charge in [-0.25, -0.2) is 4.98 Å². The monoisotopic (exact) mass is 680 g/mol. The lowest BCUT2D eigenvalue weighted by Gasteiger charge is -2.26. The Morgan fingerprint density at radius 3 is 1.55 bits per heavy atom. The van der Waals surface area contributed by atoms with Crippen LogP contribution in [0.25, 0.3) is 77.9 Å². The molecule has 2 heterocycles. The van der Waals surface area contributed by atoms with E-state index in [2.05, 4.69) is 163 Å². The zero-order chi connectivity index (χ0) is 35.1. The highest BCUT2D eigenvalue weighted by atomic mass is 16.4. The van der Waals surface area contributed by atoms with E-state index in [9.17, 15) is 0 Å². The number of benzene rings is 8. The lowest BCUT2D eigenvalue weighted by molar-refractivity contribution is 0.617. The molecule has 0 amide bonds. The molecule has 0 radical (unpaired) electrons. The molecule has 0 unspecified atom stereocenters. The van der Waals surface area contributed by atoms with E-state index < -0.39 is 0 Å². The van der Waals surface area contributed by atoms with Gasteiger partial charge in [-0.05, 0) is 100 Å². The third kappa shape index (κ3) is 5.73. The summed E-state index contributed by atoms with van der Waals surface area (Å²) in [6.07, 6.45) is 0.